The minimum absolute atomic E-state index is 0.0201. The van der Waals surface area contributed by atoms with Crippen molar-refractivity contribution in [3.63, 3.8) is 0 Å². The molecule has 1 aliphatic heterocycles. The zero-order valence-electron chi connectivity index (χ0n) is 15.4. The standard InChI is InChI=1S/C17H25N5O3/c1-10-14(13-11(2)19-22(5)17(13)21(3)4)20-25-15(10)16(23)18-12-7-6-8-24-9-12/h12H,6-9H2,1-5H3,(H,18,23)/t12-/m0/s1. The Bertz CT molecular complexity index is 772. The van der Waals surface area contributed by atoms with E-state index in [1.807, 2.05) is 39.9 Å². The van der Waals surface area contributed by atoms with E-state index >= 15 is 0 Å². The van der Waals surface area contributed by atoms with Crippen LogP contribution in [0.4, 0.5) is 5.82 Å². The van der Waals surface area contributed by atoms with Gasteiger partial charge in [0.2, 0.25) is 5.76 Å². The van der Waals surface area contributed by atoms with Gasteiger partial charge in [-0.3, -0.25) is 9.48 Å². The molecule has 3 rings (SSSR count). The quantitative estimate of drug-likeness (QED) is 0.905. The van der Waals surface area contributed by atoms with Crippen molar-refractivity contribution in [3.05, 3.63) is 17.0 Å². The number of hydrogen-bond acceptors (Lipinski definition) is 6. The number of nitrogens with zero attached hydrogens (tertiary/aromatic N) is 4. The maximum atomic E-state index is 12.6. The Kier molecular flexibility index (Phi) is 4.80. The Balaban J connectivity index is 1.90. The molecule has 1 amide bonds. The van der Waals surface area contributed by atoms with E-state index in [1.54, 1.807) is 4.68 Å². The number of hydrogen-bond donors (Lipinski definition) is 1. The number of aryl methyl sites for hydroxylation is 2. The summed E-state index contributed by atoms with van der Waals surface area (Å²) < 4.78 is 12.6. The number of carbonyl (C=O) groups is 1. The molecular weight excluding hydrogens is 322 g/mol. The molecule has 0 bridgehead atoms. The van der Waals surface area contributed by atoms with Crippen LogP contribution in [0.25, 0.3) is 11.3 Å². The van der Waals surface area contributed by atoms with E-state index in [4.69, 9.17) is 9.26 Å². The first-order chi connectivity index (χ1) is 11.9. The smallest absolute Gasteiger partial charge is 0.290 e. The van der Waals surface area contributed by atoms with E-state index in [0.717, 1.165) is 36.5 Å². The minimum Gasteiger partial charge on any atom is -0.379 e. The third-order valence-electron chi connectivity index (χ3n) is 4.48. The summed E-state index contributed by atoms with van der Waals surface area (Å²) >= 11 is 0. The van der Waals surface area contributed by atoms with Gasteiger partial charge in [-0.1, -0.05) is 5.16 Å². The van der Waals surface area contributed by atoms with Crippen LogP contribution in [0, 0.1) is 13.8 Å². The lowest BCUT2D eigenvalue weighted by molar-refractivity contribution is 0.0608. The van der Waals surface area contributed by atoms with Gasteiger partial charge in [-0.15, -0.1) is 0 Å². The highest BCUT2D eigenvalue weighted by atomic mass is 16.5. The fourth-order valence-corrected chi connectivity index (χ4v) is 3.32. The number of rotatable bonds is 4. The lowest BCUT2D eigenvalue weighted by atomic mass is 10.1. The first-order valence-corrected chi connectivity index (χ1v) is 8.46. The highest BCUT2D eigenvalue weighted by molar-refractivity contribution is 5.95. The molecule has 0 spiro atoms. The molecule has 8 heteroatoms. The van der Waals surface area contributed by atoms with Gasteiger partial charge < -0.3 is 19.5 Å². The fraction of sp³-hybridized carbons (Fsp3) is 0.588. The van der Waals surface area contributed by atoms with Crippen molar-refractivity contribution in [1.29, 1.82) is 0 Å². The molecule has 0 radical (unpaired) electrons. The predicted molar refractivity (Wildman–Crippen MR) is 93.8 cm³/mol. The Labute approximate surface area is 147 Å². The number of nitrogens with one attached hydrogen (secondary N) is 1. The average molecular weight is 347 g/mol. The maximum absolute atomic E-state index is 12.6. The average Bonchev–Trinajstić information content (AvgIpc) is 3.07. The molecule has 2 aromatic heterocycles. The largest absolute Gasteiger partial charge is 0.379 e. The Morgan fingerprint density at radius 3 is 2.76 bits per heavy atom. The summed E-state index contributed by atoms with van der Waals surface area (Å²) in [6.45, 7) is 5.07. The summed E-state index contributed by atoms with van der Waals surface area (Å²) in [5.41, 5.74) is 3.09. The highest BCUT2D eigenvalue weighted by Gasteiger charge is 2.27. The van der Waals surface area contributed by atoms with Crippen LogP contribution >= 0.6 is 0 Å². The van der Waals surface area contributed by atoms with Crippen molar-refractivity contribution in [2.45, 2.75) is 32.7 Å². The summed E-state index contributed by atoms with van der Waals surface area (Å²) in [7, 11) is 5.79. The molecular formula is C17H25N5O3. The summed E-state index contributed by atoms with van der Waals surface area (Å²) in [5.74, 6) is 0.912. The van der Waals surface area contributed by atoms with Crippen LogP contribution in [-0.4, -0.2) is 54.2 Å². The van der Waals surface area contributed by atoms with Gasteiger partial charge in [0.25, 0.3) is 5.91 Å². The van der Waals surface area contributed by atoms with Gasteiger partial charge in [-0.25, -0.2) is 0 Å². The van der Waals surface area contributed by atoms with Crippen LogP contribution < -0.4 is 10.2 Å². The summed E-state index contributed by atoms with van der Waals surface area (Å²) in [5, 5.41) is 11.6. The molecule has 1 saturated heterocycles. The molecule has 0 aliphatic carbocycles. The normalized spacial score (nSPS) is 17.6. The van der Waals surface area contributed by atoms with Gasteiger partial charge in [0.05, 0.1) is 23.9 Å². The highest BCUT2D eigenvalue weighted by Crippen LogP contribution is 2.34. The number of carbonyl (C=O) groups excluding carboxylic acids is 1. The first-order valence-electron chi connectivity index (χ1n) is 8.46. The van der Waals surface area contributed by atoms with Crippen molar-refractivity contribution in [3.8, 4) is 11.3 Å². The van der Waals surface area contributed by atoms with Gasteiger partial charge >= 0.3 is 0 Å². The van der Waals surface area contributed by atoms with Gasteiger partial charge in [-0.05, 0) is 26.7 Å². The molecule has 1 aliphatic rings. The van der Waals surface area contributed by atoms with Crippen molar-refractivity contribution >= 4 is 11.7 Å². The Morgan fingerprint density at radius 1 is 1.36 bits per heavy atom. The SMILES string of the molecule is Cc1nn(C)c(N(C)C)c1-c1noc(C(=O)N[C@H]2CCCOC2)c1C. The van der Waals surface area contributed by atoms with Crippen LogP contribution in [-0.2, 0) is 11.8 Å². The van der Waals surface area contributed by atoms with E-state index in [2.05, 4.69) is 15.6 Å². The van der Waals surface area contributed by atoms with E-state index < -0.39 is 0 Å². The number of aromatic nitrogens is 3. The second kappa shape index (κ2) is 6.87. The summed E-state index contributed by atoms with van der Waals surface area (Å²) in [4.78, 5) is 14.5. The third kappa shape index (κ3) is 3.26. The number of anilines is 1. The number of ether oxygens (including phenoxy) is 1. The van der Waals surface area contributed by atoms with Gasteiger partial charge in [0.1, 0.15) is 11.5 Å². The van der Waals surface area contributed by atoms with E-state index in [0.29, 0.717) is 17.9 Å². The predicted octanol–water partition coefficient (Wildman–Crippen LogP) is 1.67. The molecule has 2 aromatic rings. The second-order valence-electron chi connectivity index (χ2n) is 6.67. The maximum Gasteiger partial charge on any atom is 0.290 e. The second-order valence-corrected chi connectivity index (χ2v) is 6.67. The zero-order valence-corrected chi connectivity index (χ0v) is 15.4. The minimum atomic E-state index is -0.250. The van der Waals surface area contributed by atoms with Crippen LogP contribution in [0.15, 0.2) is 4.52 Å². The molecule has 1 atom stereocenters. The van der Waals surface area contributed by atoms with E-state index in [9.17, 15) is 4.79 Å². The third-order valence-corrected chi connectivity index (χ3v) is 4.48. The zero-order chi connectivity index (χ0) is 18.1. The van der Waals surface area contributed by atoms with Crippen LogP contribution in [0.3, 0.4) is 0 Å². The van der Waals surface area contributed by atoms with Gasteiger partial charge in [-0.2, -0.15) is 5.10 Å². The summed E-state index contributed by atoms with van der Waals surface area (Å²) in [6, 6.07) is 0.0201. The van der Waals surface area contributed by atoms with Crippen LogP contribution in [0.1, 0.15) is 34.7 Å². The number of amides is 1. The van der Waals surface area contributed by atoms with Crippen molar-refractivity contribution in [2.75, 3.05) is 32.2 Å². The Morgan fingerprint density at radius 2 is 2.12 bits per heavy atom. The molecule has 3 heterocycles. The van der Waals surface area contributed by atoms with Crippen LogP contribution in [0.5, 0.6) is 0 Å². The molecule has 25 heavy (non-hydrogen) atoms. The molecule has 0 aromatic carbocycles. The molecule has 8 nitrogen and oxygen atoms in total. The fourth-order valence-electron chi connectivity index (χ4n) is 3.32. The van der Waals surface area contributed by atoms with Crippen molar-refractivity contribution < 1.29 is 14.1 Å². The van der Waals surface area contributed by atoms with Crippen molar-refractivity contribution in [1.82, 2.24) is 20.3 Å². The topological polar surface area (TPSA) is 85.4 Å². The van der Waals surface area contributed by atoms with Gasteiger partial charge in [0, 0.05) is 33.3 Å². The van der Waals surface area contributed by atoms with E-state index in [-0.39, 0.29) is 17.7 Å². The Hall–Kier alpha value is -2.35. The lowest BCUT2D eigenvalue weighted by Crippen LogP contribution is -2.40. The molecule has 1 fully saturated rings. The molecule has 136 valence electrons. The molecule has 0 unspecified atom stereocenters. The summed E-state index contributed by atoms with van der Waals surface area (Å²) in [6.07, 6.45) is 1.87. The van der Waals surface area contributed by atoms with Gasteiger partial charge in [0.15, 0.2) is 0 Å². The lowest BCUT2D eigenvalue weighted by Gasteiger charge is -2.22. The molecule has 1 N–H and O–H groups in total. The molecule has 0 saturated carbocycles. The first kappa shape index (κ1) is 17.5. The van der Waals surface area contributed by atoms with Crippen LogP contribution in [0.2, 0.25) is 0 Å². The van der Waals surface area contributed by atoms with E-state index in [1.165, 1.54) is 0 Å². The van der Waals surface area contributed by atoms with Crippen molar-refractivity contribution in [2.24, 2.45) is 7.05 Å². The monoisotopic (exact) mass is 347 g/mol.